The van der Waals surface area contributed by atoms with E-state index < -0.39 is 18.5 Å². The lowest BCUT2D eigenvalue weighted by Crippen LogP contribution is -2.33. The van der Waals surface area contributed by atoms with Crippen molar-refractivity contribution in [2.45, 2.75) is 32.1 Å². The van der Waals surface area contributed by atoms with E-state index in [0.29, 0.717) is 18.7 Å². The lowest BCUT2D eigenvalue weighted by Gasteiger charge is -2.18. The van der Waals surface area contributed by atoms with E-state index in [1.165, 1.54) is 10.5 Å². The second-order valence-corrected chi connectivity index (χ2v) is 5.94. The number of likely N-dealkylation sites (tertiary alicyclic amines) is 1. The summed E-state index contributed by atoms with van der Waals surface area (Å²) in [5.74, 6) is -0.491. The summed E-state index contributed by atoms with van der Waals surface area (Å²) < 4.78 is 37.2. The van der Waals surface area contributed by atoms with Crippen LogP contribution in [0.15, 0.2) is 18.2 Å². The highest BCUT2D eigenvalue weighted by atomic mass is 19.4. The summed E-state index contributed by atoms with van der Waals surface area (Å²) in [6.07, 6.45) is -4.58. The summed E-state index contributed by atoms with van der Waals surface area (Å²) in [7, 11) is 0. The number of carbonyl (C=O) groups excluding carboxylic acids is 1. The minimum Gasteiger partial charge on any atom is -0.324 e. The molecular weight excluding hydrogens is 295 g/mol. The first-order valence-electron chi connectivity index (χ1n) is 7.36. The zero-order chi connectivity index (χ0) is 15.7. The van der Waals surface area contributed by atoms with Crippen molar-refractivity contribution in [2.75, 3.05) is 18.4 Å². The molecule has 4 nitrogen and oxygen atoms in total. The molecule has 0 spiro atoms. The van der Waals surface area contributed by atoms with Gasteiger partial charge in [0.2, 0.25) is 0 Å². The van der Waals surface area contributed by atoms with Crippen molar-refractivity contribution in [3.8, 4) is 0 Å². The van der Waals surface area contributed by atoms with E-state index in [2.05, 4.69) is 10.6 Å². The van der Waals surface area contributed by atoms with Crippen LogP contribution in [0.5, 0.6) is 0 Å². The number of fused-ring (bicyclic) bond motifs is 1. The van der Waals surface area contributed by atoms with E-state index in [1.54, 1.807) is 0 Å². The van der Waals surface area contributed by atoms with Gasteiger partial charge in [-0.05, 0) is 35.6 Å². The van der Waals surface area contributed by atoms with Crippen LogP contribution in [0.4, 0.5) is 23.7 Å². The van der Waals surface area contributed by atoms with E-state index in [1.807, 2.05) is 18.2 Å². The molecule has 3 rings (SSSR count). The zero-order valence-electron chi connectivity index (χ0n) is 12.0. The molecule has 0 bridgehead atoms. The molecule has 22 heavy (non-hydrogen) atoms. The molecule has 1 saturated heterocycles. The summed E-state index contributed by atoms with van der Waals surface area (Å²) >= 11 is 0. The van der Waals surface area contributed by atoms with Gasteiger partial charge >= 0.3 is 12.2 Å². The Morgan fingerprint density at radius 1 is 1.32 bits per heavy atom. The number of halogens is 3. The normalized spacial score (nSPS) is 21.0. The fraction of sp³-hybridized carbons (Fsp3) is 0.533. The number of amides is 2. The number of benzene rings is 1. The quantitative estimate of drug-likeness (QED) is 0.881. The predicted octanol–water partition coefficient (Wildman–Crippen LogP) is 3.10. The maximum atomic E-state index is 12.4. The first kappa shape index (κ1) is 15.1. The van der Waals surface area contributed by atoms with Crippen LogP contribution in [0.1, 0.15) is 24.0 Å². The molecule has 2 N–H and O–H groups in total. The minimum atomic E-state index is -4.16. The third-order valence-electron chi connectivity index (χ3n) is 4.18. The number of urea groups is 1. The smallest absolute Gasteiger partial charge is 0.324 e. The first-order chi connectivity index (χ1) is 10.4. The third-order valence-corrected chi connectivity index (χ3v) is 4.18. The van der Waals surface area contributed by atoms with Crippen molar-refractivity contribution in [1.82, 2.24) is 10.2 Å². The molecule has 1 fully saturated rings. The molecule has 0 radical (unpaired) electrons. The standard InChI is InChI=1S/C15H18F3N3O/c16-15(17,18)6-10-3-4-21(9-10)14(22)20-13-2-1-11-7-19-8-12(11)5-13/h1-2,5,10,19H,3-4,6-9H2,(H,20,22)/t10-/m1/s1. The van der Waals surface area contributed by atoms with Gasteiger partial charge in [-0.25, -0.2) is 4.79 Å². The van der Waals surface area contributed by atoms with Crippen LogP contribution in [0.25, 0.3) is 0 Å². The SMILES string of the molecule is O=C(Nc1ccc2c(c1)CNC2)N1CC[C@H](CC(F)(F)F)C1. The number of anilines is 1. The lowest BCUT2D eigenvalue weighted by atomic mass is 10.1. The van der Waals surface area contributed by atoms with Gasteiger partial charge in [0.1, 0.15) is 0 Å². The molecule has 0 aliphatic carbocycles. The molecule has 2 aliphatic heterocycles. The number of hydrogen-bond acceptors (Lipinski definition) is 2. The van der Waals surface area contributed by atoms with E-state index in [9.17, 15) is 18.0 Å². The molecule has 0 saturated carbocycles. The number of carbonyl (C=O) groups is 1. The van der Waals surface area contributed by atoms with E-state index in [-0.39, 0.29) is 12.6 Å². The van der Waals surface area contributed by atoms with Crippen LogP contribution in [0, 0.1) is 5.92 Å². The molecule has 1 aromatic rings. The lowest BCUT2D eigenvalue weighted by molar-refractivity contribution is -0.143. The number of rotatable bonds is 2. The van der Waals surface area contributed by atoms with Crippen molar-refractivity contribution in [3.05, 3.63) is 29.3 Å². The van der Waals surface area contributed by atoms with Crippen LogP contribution in [0.3, 0.4) is 0 Å². The Labute approximate surface area is 126 Å². The fourth-order valence-corrected chi connectivity index (χ4v) is 3.09. The monoisotopic (exact) mass is 313 g/mol. The Balaban J connectivity index is 1.56. The molecule has 2 heterocycles. The summed E-state index contributed by atoms with van der Waals surface area (Å²) in [6.45, 7) is 2.14. The minimum absolute atomic E-state index is 0.165. The van der Waals surface area contributed by atoms with Crippen molar-refractivity contribution in [1.29, 1.82) is 0 Å². The van der Waals surface area contributed by atoms with Crippen LogP contribution in [-0.2, 0) is 13.1 Å². The van der Waals surface area contributed by atoms with E-state index in [4.69, 9.17) is 0 Å². The van der Waals surface area contributed by atoms with Crippen molar-refractivity contribution < 1.29 is 18.0 Å². The Hall–Kier alpha value is -1.76. The number of hydrogen-bond donors (Lipinski definition) is 2. The van der Waals surface area contributed by atoms with Crippen molar-refractivity contribution in [2.24, 2.45) is 5.92 Å². The fourth-order valence-electron chi connectivity index (χ4n) is 3.09. The van der Waals surface area contributed by atoms with Gasteiger partial charge in [0.25, 0.3) is 0 Å². The van der Waals surface area contributed by atoms with Gasteiger partial charge in [-0.1, -0.05) is 6.07 Å². The number of nitrogens with one attached hydrogen (secondary N) is 2. The van der Waals surface area contributed by atoms with Gasteiger partial charge in [-0.15, -0.1) is 0 Å². The van der Waals surface area contributed by atoms with Gasteiger partial charge in [-0.2, -0.15) is 13.2 Å². The maximum absolute atomic E-state index is 12.4. The molecule has 120 valence electrons. The third kappa shape index (κ3) is 3.52. The van der Waals surface area contributed by atoms with Crippen LogP contribution >= 0.6 is 0 Å². The highest BCUT2D eigenvalue weighted by Crippen LogP contribution is 2.30. The average Bonchev–Trinajstić information content (AvgIpc) is 3.05. The second kappa shape index (κ2) is 5.79. The molecule has 7 heteroatoms. The largest absolute Gasteiger partial charge is 0.389 e. The van der Waals surface area contributed by atoms with E-state index in [0.717, 1.165) is 18.7 Å². The Morgan fingerprint density at radius 3 is 2.86 bits per heavy atom. The van der Waals surface area contributed by atoms with Crippen molar-refractivity contribution >= 4 is 11.7 Å². The number of nitrogens with zero attached hydrogens (tertiary/aromatic N) is 1. The summed E-state index contributed by atoms with van der Waals surface area (Å²) in [4.78, 5) is 13.6. The summed E-state index contributed by atoms with van der Waals surface area (Å²) in [5.41, 5.74) is 3.05. The molecule has 1 aromatic carbocycles. The summed E-state index contributed by atoms with van der Waals surface area (Å²) in [5, 5.41) is 6.00. The molecule has 2 amide bonds. The van der Waals surface area contributed by atoms with E-state index >= 15 is 0 Å². The predicted molar refractivity (Wildman–Crippen MR) is 76.4 cm³/mol. The van der Waals surface area contributed by atoms with Gasteiger partial charge < -0.3 is 15.5 Å². The Morgan fingerprint density at radius 2 is 2.09 bits per heavy atom. The highest BCUT2D eigenvalue weighted by molar-refractivity contribution is 5.89. The van der Waals surface area contributed by atoms with Gasteiger partial charge in [-0.3, -0.25) is 0 Å². The van der Waals surface area contributed by atoms with Crippen LogP contribution in [-0.4, -0.2) is 30.2 Å². The Kier molecular flexibility index (Phi) is 3.99. The number of alkyl halides is 3. The average molecular weight is 313 g/mol. The molecular formula is C15H18F3N3O. The van der Waals surface area contributed by atoms with Crippen LogP contribution in [0.2, 0.25) is 0 Å². The van der Waals surface area contributed by atoms with Crippen LogP contribution < -0.4 is 10.6 Å². The second-order valence-electron chi connectivity index (χ2n) is 5.94. The topological polar surface area (TPSA) is 44.4 Å². The first-order valence-corrected chi connectivity index (χ1v) is 7.36. The molecule has 1 atom stereocenters. The highest BCUT2D eigenvalue weighted by Gasteiger charge is 2.36. The zero-order valence-corrected chi connectivity index (χ0v) is 12.0. The summed E-state index contributed by atoms with van der Waals surface area (Å²) in [6, 6.07) is 5.38. The van der Waals surface area contributed by atoms with Crippen molar-refractivity contribution in [3.63, 3.8) is 0 Å². The molecule has 0 aromatic heterocycles. The van der Waals surface area contributed by atoms with Gasteiger partial charge in [0.15, 0.2) is 0 Å². The maximum Gasteiger partial charge on any atom is 0.389 e. The Bertz CT molecular complexity index is 574. The molecule has 2 aliphatic rings. The van der Waals surface area contributed by atoms with Gasteiger partial charge in [0.05, 0.1) is 0 Å². The van der Waals surface area contributed by atoms with Gasteiger partial charge in [0, 0.05) is 38.3 Å². The molecule has 0 unspecified atom stereocenters.